The number of aryl methyl sites for hydroxylation is 1. The second-order valence-corrected chi connectivity index (χ2v) is 4.62. The van der Waals surface area contributed by atoms with E-state index in [0.717, 1.165) is 34.1 Å². The third-order valence-corrected chi connectivity index (χ3v) is 3.26. The lowest BCUT2D eigenvalue weighted by Crippen LogP contribution is -2.02. The highest BCUT2D eigenvalue weighted by atomic mass is 79.9. The van der Waals surface area contributed by atoms with Crippen molar-refractivity contribution < 1.29 is 0 Å². The molecular weight excluding hydrogens is 278 g/mol. The Morgan fingerprint density at radius 1 is 1.24 bits per heavy atom. The smallest absolute Gasteiger partial charge is 0.116 e. The topological polar surface area (TPSA) is 51.8 Å². The van der Waals surface area contributed by atoms with Gasteiger partial charge in [0.05, 0.1) is 5.69 Å². The molecule has 2 rings (SSSR count). The van der Waals surface area contributed by atoms with Crippen molar-refractivity contribution in [3.63, 3.8) is 0 Å². The van der Waals surface area contributed by atoms with Crippen LogP contribution in [0.2, 0.25) is 0 Å². The number of hydrogen-bond donors (Lipinski definition) is 1. The van der Waals surface area contributed by atoms with Crippen LogP contribution in [0.5, 0.6) is 0 Å². The zero-order valence-electron chi connectivity index (χ0n) is 9.44. The number of hydrogen-bond acceptors (Lipinski definition) is 3. The molecule has 0 saturated carbocycles. The van der Waals surface area contributed by atoms with E-state index < -0.39 is 0 Å². The Bertz CT molecular complexity index is 500. The van der Waals surface area contributed by atoms with E-state index in [2.05, 4.69) is 32.0 Å². The summed E-state index contributed by atoms with van der Waals surface area (Å²) in [6.45, 7) is 0.685. The van der Waals surface area contributed by atoms with Crippen molar-refractivity contribution in [2.45, 2.75) is 12.8 Å². The van der Waals surface area contributed by atoms with E-state index in [1.54, 1.807) is 6.33 Å². The lowest BCUT2D eigenvalue weighted by molar-refractivity contribution is 0.825. The number of halogens is 1. The largest absolute Gasteiger partial charge is 0.330 e. The average Bonchev–Trinajstić information content (AvgIpc) is 2.37. The highest BCUT2D eigenvalue weighted by molar-refractivity contribution is 9.10. The van der Waals surface area contributed by atoms with Crippen molar-refractivity contribution >= 4 is 15.9 Å². The average molecular weight is 292 g/mol. The molecule has 88 valence electrons. The van der Waals surface area contributed by atoms with Gasteiger partial charge in [-0.15, -0.1) is 0 Å². The van der Waals surface area contributed by atoms with Gasteiger partial charge in [0.15, 0.2) is 0 Å². The summed E-state index contributed by atoms with van der Waals surface area (Å²) >= 11 is 3.55. The molecule has 1 aromatic carbocycles. The molecular formula is C13H14BrN3. The molecule has 0 aliphatic carbocycles. The van der Waals surface area contributed by atoms with Crippen molar-refractivity contribution in [3.05, 3.63) is 46.8 Å². The second kappa shape index (κ2) is 5.89. The second-order valence-electron chi connectivity index (χ2n) is 3.77. The van der Waals surface area contributed by atoms with E-state index in [0.29, 0.717) is 6.54 Å². The first kappa shape index (κ1) is 12.2. The molecule has 0 amide bonds. The number of nitrogens with zero attached hydrogens (tertiary/aromatic N) is 2. The summed E-state index contributed by atoms with van der Waals surface area (Å²) in [7, 11) is 0. The molecule has 2 N–H and O–H groups in total. The van der Waals surface area contributed by atoms with Crippen LogP contribution in [0.4, 0.5) is 0 Å². The Morgan fingerprint density at radius 3 is 2.82 bits per heavy atom. The van der Waals surface area contributed by atoms with E-state index >= 15 is 0 Å². The highest BCUT2D eigenvalue weighted by Crippen LogP contribution is 2.28. The lowest BCUT2D eigenvalue weighted by Gasteiger charge is -2.08. The molecule has 0 aliphatic rings. The van der Waals surface area contributed by atoms with Gasteiger partial charge in [-0.1, -0.05) is 34.1 Å². The van der Waals surface area contributed by atoms with E-state index in [-0.39, 0.29) is 0 Å². The third-order valence-electron chi connectivity index (χ3n) is 2.57. The van der Waals surface area contributed by atoms with Gasteiger partial charge in [0.25, 0.3) is 0 Å². The van der Waals surface area contributed by atoms with Crippen molar-refractivity contribution in [2.75, 3.05) is 6.54 Å². The van der Waals surface area contributed by atoms with Crippen LogP contribution < -0.4 is 5.73 Å². The summed E-state index contributed by atoms with van der Waals surface area (Å²) in [6.07, 6.45) is 5.32. The molecule has 0 fully saturated rings. The molecule has 3 nitrogen and oxygen atoms in total. The quantitative estimate of drug-likeness (QED) is 0.942. The van der Waals surface area contributed by atoms with Gasteiger partial charge in [0.1, 0.15) is 6.33 Å². The highest BCUT2D eigenvalue weighted by Gasteiger charge is 2.09. The van der Waals surface area contributed by atoms with Gasteiger partial charge in [0.2, 0.25) is 0 Å². The normalized spacial score (nSPS) is 10.5. The molecule has 0 spiro atoms. The molecule has 0 aliphatic heterocycles. The minimum Gasteiger partial charge on any atom is -0.330 e. The Morgan fingerprint density at radius 2 is 2.06 bits per heavy atom. The van der Waals surface area contributed by atoms with Gasteiger partial charge in [-0.25, -0.2) is 9.97 Å². The Balaban J connectivity index is 2.41. The van der Waals surface area contributed by atoms with Crippen LogP contribution in [0.1, 0.15) is 12.0 Å². The molecule has 4 heteroatoms. The van der Waals surface area contributed by atoms with E-state index in [9.17, 15) is 0 Å². The van der Waals surface area contributed by atoms with Crippen molar-refractivity contribution in [3.8, 4) is 11.3 Å². The molecule has 0 unspecified atom stereocenters. The standard InChI is InChI=1S/C13H14BrN3/c14-12-6-2-1-5-11(12)13-10(4-3-7-15)8-16-9-17-13/h1-2,5-6,8-9H,3-4,7,15H2. The fourth-order valence-corrected chi connectivity index (χ4v) is 2.20. The third kappa shape index (κ3) is 2.90. The van der Waals surface area contributed by atoms with Crippen LogP contribution >= 0.6 is 15.9 Å². The van der Waals surface area contributed by atoms with Gasteiger partial charge in [0, 0.05) is 16.2 Å². The number of nitrogens with two attached hydrogens (primary N) is 1. The minimum atomic E-state index is 0.685. The predicted octanol–water partition coefficient (Wildman–Crippen LogP) is 2.80. The Hall–Kier alpha value is -1.26. The van der Waals surface area contributed by atoms with Gasteiger partial charge in [-0.3, -0.25) is 0 Å². The fraction of sp³-hybridized carbons (Fsp3) is 0.231. The van der Waals surface area contributed by atoms with Crippen LogP contribution in [-0.2, 0) is 6.42 Å². The maximum atomic E-state index is 5.54. The summed E-state index contributed by atoms with van der Waals surface area (Å²) in [5.41, 5.74) is 8.77. The molecule has 1 heterocycles. The van der Waals surface area contributed by atoms with Crippen LogP contribution in [0.3, 0.4) is 0 Å². The summed E-state index contributed by atoms with van der Waals surface area (Å²) in [5, 5.41) is 0. The summed E-state index contributed by atoms with van der Waals surface area (Å²) in [6, 6.07) is 8.08. The van der Waals surface area contributed by atoms with Gasteiger partial charge >= 0.3 is 0 Å². The monoisotopic (exact) mass is 291 g/mol. The summed E-state index contributed by atoms with van der Waals surface area (Å²) in [5.74, 6) is 0. The maximum Gasteiger partial charge on any atom is 0.116 e. The van der Waals surface area contributed by atoms with Gasteiger partial charge in [-0.2, -0.15) is 0 Å². The van der Waals surface area contributed by atoms with Crippen LogP contribution in [0.25, 0.3) is 11.3 Å². The maximum absolute atomic E-state index is 5.54. The number of benzene rings is 1. The molecule has 0 atom stereocenters. The lowest BCUT2D eigenvalue weighted by atomic mass is 10.0. The minimum absolute atomic E-state index is 0.685. The van der Waals surface area contributed by atoms with E-state index in [1.807, 2.05) is 24.4 Å². The fourth-order valence-electron chi connectivity index (χ4n) is 1.73. The van der Waals surface area contributed by atoms with Crippen molar-refractivity contribution in [1.29, 1.82) is 0 Å². The zero-order valence-corrected chi connectivity index (χ0v) is 11.0. The number of aromatic nitrogens is 2. The van der Waals surface area contributed by atoms with Crippen molar-refractivity contribution in [1.82, 2.24) is 9.97 Å². The Kier molecular flexibility index (Phi) is 4.23. The number of rotatable bonds is 4. The van der Waals surface area contributed by atoms with Crippen molar-refractivity contribution in [2.24, 2.45) is 5.73 Å². The first-order chi connectivity index (χ1) is 8.33. The molecule has 0 saturated heterocycles. The zero-order chi connectivity index (χ0) is 12.1. The van der Waals surface area contributed by atoms with Gasteiger partial charge in [-0.05, 0) is 31.0 Å². The van der Waals surface area contributed by atoms with Gasteiger partial charge < -0.3 is 5.73 Å². The predicted molar refractivity (Wildman–Crippen MR) is 72.5 cm³/mol. The van der Waals surface area contributed by atoms with E-state index in [4.69, 9.17) is 5.73 Å². The molecule has 0 bridgehead atoms. The SMILES string of the molecule is NCCCc1cncnc1-c1ccccc1Br. The Labute approximate surface area is 109 Å². The molecule has 1 aromatic heterocycles. The molecule has 17 heavy (non-hydrogen) atoms. The summed E-state index contributed by atoms with van der Waals surface area (Å²) in [4.78, 5) is 8.47. The van der Waals surface area contributed by atoms with Crippen LogP contribution in [-0.4, -0.2) is 16.5 Å². The first-order valence-corrected chi connectivity index (χ1v) is 6.36. The van der Waals surface area contributed by atoms with E-state index in [1.165, 1.54) is 0 Å². The summed E-state index contributed by atoms with van der Waals surface area (Å²) < 4.78 is 1.05. The van der Waals surface area contributed by atoms with Crippen LogP contribution in [0, 0.1) is 0 Å². The molecule has 0 radical (unpaired) electrons. The first-order valence-electron chi connectivity index (χ1n) is 5.57. The molecule has 2 aromatic rings. The van der Waals surface area contributed by atoms with Crippen LogP contribution in [0.15, 0.2) is 41.3 Å².